The lowest BCUT2D eigenvalue weighted by Gasteiger charge is -2.14. The van der Waals surface area contributed by atoms with Crippen LogP contribution in [0.25, 0.3) is 0 Å². The summed E-state index contributed by atoms with van der Waals surface area (Å²) in [4.78, 5) is -0.102. The summed E-state index contributed by atoms with van der Waals surface area (Å²) in [6.07, 6.45) is 0. The molecule has 2 aromatic carbocycles. The van der Waals surface area contributed by atoms with Gasteiger partial charge in [0.15, 0.2) is 0 Å². The summed E-state index contributed by atoms with van der Waals surface area (Å²) in [5.41, 5.74) is 0.467. The Kier molecular flexibility index (Phi) is 4.89. The maximum atomic E-state index is 13.7. The average Bonchev–Trinajstić information content (AvgIpc) is 2.49. The Bertz CT molecular complexity index is 820. The highest BCUT2D eigenvalue weighted by molar-refractivity contribution is 7.92. The van der Waals surface area contributed by atoms with Crippen molar-refractivity contribution >= 4 is 15.7 Å². The van der Waals surface area contributed by atoms with Crippen LogP contribution in [0.2, 0.25) is 0 Å². The number of anilines is 1. The van der Waals surface area contributed by atoms with Gasteiger partial charge >= 0.3 is 0 Å². The number of ether oxygens (including phenoxy) is 1. The molecule has 1 N–H and O–H groups in total. The first-order valence-corrected chi connectivity index (χ1v) is 8.38. The maximum Gasteiger partial charge on any atom is 0.265 e. The number of hydrogen-bond donors (Lipinski definition) is 1. The third kappa shape index (κ3) is 3.79. The molecule has 0 bridgehead atoms. The largest absolute Gasteiger partial charge is 0.495 e. The zero-order valence-corrected chi connectivity index (χ0v) is 13.7. The van der Waals surface area contributed by atoms with Gasteiger partial charge in [0.1, 0.15) is 22.3 Å². The first kappa shape index (κ1) is 17.2. The van der Waals surface area contributed by atoms with Crippen molar-refractivity contribution in [1.82, 2.24) is 0 Å². The van der Waals surface area contributed by atoms with Crippen molar-refractivity contribution in [2.75, 3.05) is 11.8 Å². The van der Waals surface area contributed by atoms with E-state index in [1.54, 1.807) is 12.1 Å². The van der Waals surface area contributed by atoms with E-state index in [2.05, 4.69) is 4.72 Å². The van der Waals surface area contributed by atoms with Crippen LogP contribution in [-0.4, -0.2) is 15.5 Å². The average molecular weight is 341 g/mol. The third-order valence-corrected chi connectivity index (χ3v) is 4.71. The standard InChI is InChI=1S/C16H17F2NO3S/c1-10(2)11-4-7-15(22-3)16(8-11)23(20,21)19-14-6-5-12(17)9-13(14)18/h4-10,19H,1-3H3. The summed E-state index contributed by atoms with van der Waals surface area (Å²) in [6, 6.07) is 7.41. The van der Waals surface area contributed by atoms with Crippen LogP contribution in [0, 0.1) is 11.6 Å². The molecule has 0 spiro atoms. The van der Waals surface area contributed by atoms with Crippen molar-refractivity contribution in [2.24, 2.45) is 0 Å². The fourth-order valence-electron chi connectivity index (χ4n) is 2.03. The lowest BCUT2D eigenvalue weighted by atomic mass is 10.0. The highest BCUT2D eigenvalue weighted by atomic mass is 32.2. The number of methoxy groups -OCH3 is 1. The van der Waals surface area contributed by atoms with Gasteiger partial charge in [0.25, 0.3) is 10.0 Å². The molecule has 0 amide bonds. The second-order valence-electron chi connectivity index (χ2n) is 5.29. The number of benzene rings is 2. The molecule has 0 aromatic heterocycles. The van der Waals surface area contributed by atoms with Crippen LogP contribution in [0.3, 0.4) is 0 Å². The topological polar surface area (TPSA) is 55.4 Å². The van der Waals surface area contributed by atoms with Crippen molar-refractivity contribution in [3.8, 4) is 5.75 Å². The Labute approximate surface area is 134 Å². The van der Waals surface area contributed by atoms with Crippen LogP contribution in [-0.2, 0) is 10.0 Å². The van der Waals surface area contributed by atoms with Crippen molar-refractivity contribution in [3.05, 3.63) is 53.6 Å². The molecular formula is C16H17F2NO3S. The monoisotopic (exact) mass is 341 g/mol. The number of sulfonamides is 1. The Balaban J connectivity index is 2.48. The summed E-state index contributed by atoms with van der Waals surface area (Å²) < 4.78 is 58.9. The molecule has 0 unspecified atom stereocenters. The first-order chi connectivity index (χ1) is 10.7. The second-order valence-corrected chi connectivity index (χ2v) is 6.95. The van der Waals surface area contributed by atoms with E-state index >= 15 is 0 Å². The minimum absolute atomic E-state index is 0.102. The smallest absolute Gasteiger partial charge is 0.265 e. The Hall–Kier alpha value is -2.15. The number of rotatable bonds is 5. The third-order valence-electron chi connectivity index (χ3n) is 3.32. The van der Waals surface area contributed by atoms with Crippen LogP contribution >= 0.6 is 0 Å². The van der Waals surface area contributed by atoms with Crippen LogP contribution < -0.4 is 9.46 Å². The fourth-order valence-corrected chi connectivity index (χ4v) is 3.31. The fraction of sp³-hybridized carbons (Fsp3) is 0.250. The molecule has 0 atom stereocenters. The molecule has 7 heteroatoms. The minimum atomic E-state index is -4.08. The van der Waals surface area contributed by atoms with Crippen LogP contribution in [0.15, 0.2) is 41.3 Å². The molecular weight excluding hydrogens is 324 g/mol. The van der Waals surface area contributed by atoms with Gasteiger partial charge in [0.2, 0.25) is 0 Å². The molecule has 0 saturated heterocycles. The van der Waals surface area contributed by atoms with Gasteiger partial charge in [-0.2, -0.15) is 0 Å². The SMILES string of the molecule is COc1ccc(C(C)C)cc1S(=O)(=O)Nc1ccc(F)cc1F. The van der Waals surface area contributed by atoms with E-state index in [1.165, 1.54) is 13.2 Å². The van der Waals surface area contributed by atoms with E-state index in [0.717, 1.165) is 17.7 Å². The van der Waals surface area contributed by atoms with E-state index in [1.807, 2.05) is 13.8 Å². The molecule has 0 saturated carbocycles. The summed E-state index contributed by atoms with van der Waals surface area (Å²) in [5, 5.41) is 0. The molecule has 124 valence electrons. The van der Waals surface area contributed by atoms with E-state index in [0.29, 0.717) is 6.07 Å². The molecule has 0 radical (unpaired) electrons. The Morgan fingerprint density at radius 2 is 1.78 bits per heavy atom. The predicted molar refractivity (Wildman–Crippen MR) is 84.2 cm³/mol. The molecule has 4 nitrogen and oxygen atoms in total. The van der Waals surface area contributed by atoms with Gasteiger partial charge in [-0.15, -0.1) is 0 Å². The molecule has 2 aromatic rings. The van der Waals surface area contributed by atoms with Gasteiger partial charge in [-0.05, 0) is 35.7 Å². The lowest BCUT2D eigenvalue weighted by Crippen LogP contribution is -2.15. The van der Waals surface area contributed by atoms with Crippen LogP contribution in [0.1, 0.15) is 25.3 Å². The normalized spacial score (nSPS) is 11.6. The van der Waals surface area contributed by atoms with Crippen molar-refractivity contribution in [3.63, 3.8) is 0 Å². The summed E-state index contributed by atoms with van der Waals surface area (Å²) >= 11 is 0. The van der Waals surface area contributed by atoms with Gasteiger partial charge < -0.3 is 4.74 Å². The Morgan fingerprint density at radius 1 is 1.09 bits per heavy atom. The van der Waals surface area contributed by atoms with Crippen LogP contribution in [0.5, 0.6) is 5.75 Å². The number of halogens is 2. The zero-order valence-electron chi connectivity index (χ0n) is 12.9. The van der Waals surface area contributed by atoms with Gasteiger partial charge in [-0.1, -0.05) is 19.9 Å². The van der Waals surface area contributed by atoms with Crippen molar-refractivity contribution in [2.45, 2.75) is 24.7 Å². The van der Waals surface area contributed by atoms with Gasteiger partial charge in [0.05, 0.1) is 12.8 Å². The predicted octanol–water partition coefficient (Wildman–Crippen LogP) is 3.90. The molecule has 0 aliphatic rings. The molecule has 0 aliphatic heterocycles. The number of nitrogens with one attached hydrogen (secondary N) is 1. The summed E-state index contributed by atoms with van der Waals surface area (Å²) in [7, 11) is -2.74. The van der Waals surface area contributed by atoms with E-state index in [-0.39, 0.29) is 22.3 Å². The number of hydrogen-bond acceptors (Lipinski definition) is 3. The van der Waals surface area contributed by atoms with Crippen molar-refractivity contribution in [1.29, 1.82) is 0 Å². The Morgan fingerprint density at radius 3 is 2.35 bits per heavy atom. The summed E-state index contributed by atoms with van der Waals surface area (Å²) in [6.45, 7) is 3.84. The molecule has 0 fully saturated rings. The highest BCUT2D eigenvalue weighted by Gasteiger charge is 2.22. The zero-order chi connectivity index (χ0) is 17.2. The second kappa shape index (κ2) is 6.54. The van der Waals surface area contributed by atoms with E-state index < -0.39 is 21.7 Å². The van der Waals surface area contributed by atoms with Gasteiger partial charge in [-0.3, -0.25) is 4.72 Å². The van der Waals surface area contributed by atoms with Gasteiger partial charge in [-0.25, -0.2) is 17.2 Å². The minimum Gasteiger partial charge on any atom is -0.495 e. The highest BCUT2D eigenvalue weighted by Crippen LogP contribution is 2.30. The molecule has 0 aliphatic carbocycles. The van der Waals surface area contributed by atoms with E-state index in [4.69, 9.17) is 4.74 Å². The molecule has 0 heterocycles. The maximum absolute atomic E-state index is 13.7. The van der Waals surface area contributed by atoms with Crippen molar-refractivity contribution < 1.29 is 21.9 Å². The molecule has 2 rings (SSSR count). The summed E-state index contributed by atoms with van der Waals surface area (Å²) in [5.74, 6) is -1.53. The first-order valence-electron chi connectivity index (χ1n) is 6.90. The van der Waals surface area contributed by atoms with E-state index in [9.17, 15) is 17.2 Å². The molecule has 23 heavy (non-hydrogen) atoms. The quantitative estimate of drug-likeness (QED) is 0.897. The lowest BCUT2D eigenvalue weighted by molar-refractivity contribution is 0.402. The van der Waals surface area contributed by atoms with Crippen LogP contribution in [0.4, 0.5) is 14.5 Å². The van der Waals surface area contributed by atoms with Gasteiger partial charge in [0, 0.05) is 6.07 Å².